The van der Waals surface area contributed by atoms with Gasteiger partial charge in [0.05, 0.1) is 16.2 Å². The first-order valence-electron chi connectivity index (χ1n) is 8.13. The molecule has 134 valence electrons. The van der Waals surface area contributed by atoms with Crippen molar-refractivity contribution in [3.05, 3.63) is 68.0 Å². The van der Waals surface area contributed by atoms with Gasteiger partial charge in [-0.1, -0.05) is 48.3 Å². The molecule has 1 aliphatic rings. The van der Waals surface area contributed by atoms with Gasteiger partial charge in [0.2, 0.25) is 0 Å². The minimum atomic E-state index is -0.354. The summed E-state index contributed by atoms with van der Waals surface area (Å²) in [6, 6.07) is 10.5. The monoisotopic (exact) mass is 405 g/mol. The summed E-state index contributed by atoms with van der Waals surface area (Å²) in [4.78, 5) is 27.8. The lowest BCUT2D eigenvalue weighted by Gasteiger charge is -2.16. The maximum atomic E-state index is 13.2. The molecular weight excluding hydrogens is 389 g/mol. The summed E-state index contributed by atoms with van der Waals surface area (Å²) in [5.74, 6) is -0.00623. The number of rotatable bonds is 4. The van der Waals surface area contributed by atoms with Crippen LogP contribution in [0.25, 0.3) is 5.57 Å². The number of amides is 2. The highest BCUT2D eigenvalue weighted by Gasteiger charge is 2.40. The van der Waals surface area contributed by atoms with Crippen LogP contribution in [0.5, 0.6) is 0 Å². The second-order valence-electron chi connectivity index (χ2n) is 6.01. The average Bonchev–Trinajstić information content (AvgIpc) is 2.80. The Morgan fingerprint density at radius 3 is 2.15 bits per heavy atom. The van der Waals surface area contributed by atoms with Gasteiger partial charge in [0.1, 0.15) is 0 Å². The standard InChI is InChI=1S/C20H17Cl2NO2S/c1-4-26-18-17(13-6-5-11(2)12(3)7-13)19(24)23(20(18)25)16-9-14(21)8-15(22)10-16/h5-10H,4H2,1-3H3. The van der Waals surface area contributed by atoms with Crippen molar-refractivity contribution in [1.29, 1.82) is 0 Å². The van der Waals surface area contributed by atoms with Crippen LogP contribution in [0.1, 0.15) is 23.6 Å². The molecule has 0 saturated heterocycles. The Bertz CT molecular complexity index is 933. The summed E-state index contributed by atoms with van der Waals surface area (Å²) in [6.07, 6.45) is 0. The van der Waals surface area contributed by atoms with Crippen LogP contribution >= 0.6 is 35.0 Å². The highest BCUT2D eigenvalue weighted by molar-refractivity contribution is 8.04. The molecule has 3 rings (SSSR count). The molecule has 0 aliphatic carbocycles. The van der Waals surface area contributed by atoms with Gasteiger partial charge in [-0.25, -0.2) is 4.90 Å². The van der Waals surface area contributed by atoms with Crippen LogP contribution in [-0.2, 0) is 9.59 Å². The Hall–Kier alpha value is -1.75. The van der Waals surface area contributed by atoms with E-state index in [1.165, 1.54) is 11.8 Å². The van der Waals surface area contributed by atoms with Crippen molar-refractivity contribution in [3.8, 4) is 0 Å². The zero-order valence-corrected chi connectivity index (χ0v) is 16.9. The minimum absolute atomic E-state index is 0.339. The normalized spacial score (nSPS) is 14.6. The summed E-state index contributed by atoms with van der Waals surface area (Å²) < 4.78 is 0. The molecule has 0 spiro atoms. The zero-order valence-electron chi connectivity index (χ0n) is 14.6. The molecule has 0 unspecified atom stereocenters. The van der Waals surface area contributed by atoms with E-state index in [0.717, 1.165) is 21.6 Å². The van der Waals surface area contributed by atoms with Gasteiger partial charge >= 0.3 is 0 Å². The van der Waals surface area contributed by atoms with E-state index in [1.807, 2.05) is 39.0 Å². The van der Waals surface area contributed by atoms with Crippen molar-refractivity contribution in [2.45, 2.75) is 20.8 Å². The second-order valence-corrected chi connectivity index (χ2v) is 8.16. The first-order valence-corrected chi connectivity index (χ1v) is 9.87. The lowest BCUT2D eigenvalue weighted by atomic mass is 10.0. The Morgan fingerprint density at radius 2 is 1.58 bits per heavy atom. The van der Waals surface area contributed by atoms with Gasteiger partial charge in [0.15, 0.2) is 0 Å². The third kappa shape index (κ3) is 3.41. The third-order valence-electron chi connectivity index (χ3n) is 4.23. The Labute approximate surface area is 167 Å². The lowest BCUT2D eigenvalue weighted by Crippen LogP contribution is -2.31. The maximum absolute atomic E-state index is 13.2. The fraction of sp³-hybridized carbons (Fsp3) is 0.200. The van der Waals surface area contributed by atoms with E-state index in [0.29, 0.717) is 32.0 Å². The molecule has 2 aromatic rings. The van der Waals surface area contributed by atoms with E-state index in [1.54, 1.807) is 18.2 Å². The number of anilines is 1. The smallest absolute Gasteiger partial charge is 0.268 e. The van der Waals surface area contributed by atoms with Gasteiger partial charge in [-0.3, -0.25) is 9.59 Å². The van der Waals surface area contributed by atoms with Crippen molar-refractivity contribution >= 4 is 58.0 Å². The molecule has 3 nitrogen and oxygen atoms in total. The summed E-state index contributed by atoms with van der Waals surface area (Å²) in [5.41, 5.74) is 3.76. The second kappa shape index (κ2) is 7.47. The van der Waals surface area contributed by atoms with Crippen LogP contribution in [0.4, 0.5) is 5.69 Å². The number of hydrogen-bond acceptors (Lipinski definition) is 3. The molecule has 0 saturated carbocycles. The number of benzene rings is 2. The molecule has 0 fully saturated rings. The number of halogens is 2. The number of hydrogen-bond donors (Lipinski definition) is 0. The third-order valence-corrected chi connectivity index (χ3v) is 5.62. The fourth-order valence-electron chi connectivity index (χ4n) is 2.84. The fourth-order valence-corrected chi connectivity index (χ4v) is 4.21. The van der Waals surface area contributed by atoms with Crippen molar-refractivity contribution < 1.29 is 9.59 Å². The Kier molecular flexibility index (Phi) is 5.47. The number of aryl methyl sites for hydroxylation is 2. The van der Waals surface area contributed by atoms with Gasteiger partial charge in [-0.15, -0.1) is 11.8 Å². The predicted molar refractivity (Wildman–Crippen MR) is 110 cm³/mol. The number of thioether (sulfide) groups is 1. The van der Waals surface area contributed by atoms with Crippen molar-refractivity contribution in [3.63, 3.8) is 0 Å². The van der Waals surface area contributed by atoms with Gasteiger partial charge in [0.25, 0.3) is 11.8 Å². The van der Waals surface area contributed by atoms with Crippen molar-refractivity contribution in [2.24, 2.45) is 0 Å². The van der Waals surface area contributed by atoms with Crippen LogP contribution in [-0.4, -0.2) is 17.6 Å². The van der Waals surface area contributed by atoms with Gasteiger partial charge in [-0.05, 0) is 54.5 Å². The van der Waals surface area contributed by atoms with E-state index in [-0.39, 0.29) is 11.8 Å². The highest BCUT2D eigenvalue weighted by Crippen LogP contribution is 2.39. The van der Waals surface area contributed by atoms with Crippen LogP contribution in [0.3, 0.4) is 0 Å². The number of carbonyl (C=O) groups excluding carboxylic acids is 2. The van der Waals surface area contributed by atoms with Gasteiger partial charge in [-0.2, -0.15) is 0 Å². The first kappa shape index (κ1) is 19.0. The maximum Gasteiger partial charge on any atom is 0.272 e. The quantitative estimate of drug-likeness (QED) is 0.616. The lowest BCUT2D eigenvalue weighted by molar-refractivity contribution is -0.119. The Morgan fingerprint density at radius 1 is 0.923 bits per heavy atom. The number of nitrogens with zero attached hydrogens (tertiary/aromatic N) is 1. The molecule has 26 heavy (non-hydrogen) atoms. The SMILES string of the molecule is CCSC1=C(c2ccc(C)c(C)c2)C(=O)N(c2cc(Cl)cc(Cl)c2)C1=O. The van der Waals surface area contributed by atoms with E-state index < -0.39 is 0 Å². The summed E-state index contributed by atoms with van der Waals surface area (Å²) in [5, 5.41) is 0.745. The molecule has 1 aliphatic heterocycles. The average molecular weight is 406 g/mol. The summed E-state index contributed by atoms with van der Waals surface area (Å²) in [6.45, 7) is 5.95. The molecule has 6 heteroatoms. The number of imide groups is 1. The van der Waals surface area contributed by atoms with E-state index in [4.69, 9.17) is 23.2 Å². The topological polar surface area (TPSA) is 37.4 Å². The first-order chi connectivity index (χ1) is 12.3. The largest absolute Gasteiger partial charge is 0.272 e. The van der Waals surface area contributed by atoms with E-state index in [2.05, 4.69) is 0 Å². The molecule has 1 heterocycles. The zero-order chi connectivity index (χ0) is 19.0. The predicted octanol–water partition coefficient (Wildman–Crippen LogP) is 5.65. The molecule has 0 atom stereocenters. The molecule has 0 N–H and O–H groups in total. The minimum Gasteiger partial charge on any atom is -0.268 e. The van der Waals surface area contributed by atoms with Crippen molar-refractivity contribution in [2.75, 3.05) is 10.7 Å². The Balaban J connectivity index is 2.13. The highest BCUT2D eigenvalue weighted by atomic mass is 35.5. The van der Waals surface area contributed by atoms with Gasteiger partial charge < -0.3 is 0 Å². The van der Waals surface area contributed by atoms with Crippen LogP contribution in [0.2, 0.25) is 10.0 Å². The van der Waals surface area contributed by atoms with Crippen molar-refractivity contribution in [1.82, 2.24) is 0 Å². The molecule has 0 bridgehead atoms. The molecule has 0 aromatic heterocycles. The van der Waals surface area contributed by atoms with Gasteiger partial charge in [0, 0.05) is 10.0 Å². The van der Waals surface area contributed by atoms with Crippen LogP contribution < -0.4 is 4.90 Å². The molecular formula is C20H17Cl2NO2S. The van der Waals surface area contributed by atoms with Crippen LogP contribution in [0, 0.1) is 13.8 Å². The van der Waals surface area contributed by atoms with Crippen LogP contribution in [0.15, 0.2) is 41.3 Å². The number of carbonyl (C=O) groups is 2. The molecule has 2 amide bonds. The summed E-state index contributed by atoms with van der Waals surface area (Å²) in [7, 11) is 0. The summed E-state index contributed by atoms with van der Waals surface area (Å²) >= 11 is 13.5. The van der Waals surface area contributed by atoms with E-state index >= 15 is 0 Å². The van der Waals surface area contributed by atoms with E-state index in [9.17, 15) is 9.59 Å². The molecule has 2 aromatic carbocycles. The molecule has 0 radical (unpaired) electrons.